The summed E-state index contributed by atoms with van der Waals surface area (Å²) < 4.78 is 26.3. The molecule has 0 bridgehead atoms. The Bertz CT molecular complexity index is 1080. The average Bonchev–Trinajstić information content (AvgIpc) is 2.76. The van der Waals surface area contributed by atoms with Crippen molar-refractivity contribution in [3.63, 3.8) is 0 Å². The van der Waals surface area contributed by atoms with Crippen molar-refractivity contribution in [3.05, 3.63) is 64.7 Å². The molecule has 0 spiro atoms. The zero-order valence-corrected chi connectivity index (χ0v) is 21.2. The number of benzene rings is 2. The van der Waals surface area contributed by atoms with Crippen LogP contribution in [0.2, 0.25) is 0 Å². The Kier molecular flexibility index (Phi) is 9.05. The molecule has 1 unspecified atom stereocenters. The number of nitrogens with one attached hydrogen (secondary N) is 1. The van der Waals surface area contributed by atoms with Gasteiger partial charge in [-0.1, -0.05) is 42.8 Å². The lowest BCUT2D eigenvalue weighted by Gasteiger charge is -2.31. The highest BCUT2D eigenvalue weighted by Gasteiger charge is 2.30. The maximum atomic E-state index is 13.5. The maximum Gasteiger partial charge on any atom is 0.244 e. The Balaban J connectivity index is 2.38. The zero-order chi connectivity index (χ0) is 24.8. The second kappa shape index (κ2) is 11.3. The molecule has 0 saturated carbocycles. The van der Waals surface area contributed by atoms with Crippen molar-refractivity contribution in [3.8, 4) is 0 Å². The average molecular weight is 474 g/mol. The Morgan fingerprint density at radius 1 is 1.00 bits per heavy atom. The summed E-state index contributed by atoms with van der Waals surface area (Å²) in [5.41, 5.74) is 4.33. The number of anilines is 1. The molecule has 180 valence electrons. The number of carbonyl (C=O) groups is 2. The van der Waals surface area contributed by atoms with Crippen LogP contribution < -0.4 is 9.62 Å². The van der Waals surface area contributed by atoms with E-state index in [9.17, 15) is 18.0 Å². The monoisotopic (exact) mass is 473 g/mol. The van der Waals surface area contributed by atoms with Gasteiger partial charge in [-0.25, -0.2) is 8.42 Å². The predicted molar refractivity (Wildman–Crippen MR) is 133 cm³/mol. The van der Waals surface area contributed by atoms with Crippen LogP contribution in [0.1, 0.15) is 42.5 Å². The number of rotatable bonds is 10. The number of amides is 2. The molecule has 0 aliphatic rings. The zero-order valence-electron chi connectivity index (χ0n) is 20.4. The third kappa shape index (κ3) is 7.32. The Morgan fingerprint density at radius 3 is 2.18 bits per heavy atom. The quantitative estimate of drug-likeness (QED) is 0.574. The van der Waals surface area contributed by atoms with Crippen molar-refractivity contribution in [2.45, 2.75) is 53.6 Å². The lowest BCUT2D eigenvalue weighted by atomic mass is 10.1. The molecule has 1 N–H and O–H groups in total. The Morgan fingerprint density at radius 2 is 1.64 bits per heavy atom. The van der Waals surface area contributed by atoms with Gasteiger partial charge in [-0.3, -0.25) is 13.9 Å². The Hall–Kier alpha value is -2.87. The molecule has 2 aromatic rings. The summed E-state index contributed by atoms with van der Waals surface area (Å²) in [6, 6.07) is 12.2. The molecule has 0 heterocycles. The fourth-order valence-corrected chi connectivity index (χ4v) is 4.20. The van der Waals surface area contributed by atoms with Gasteiger partial charge in [-0.05, 0) is 62.9 Å². The van der Waals surface area contributed by atoms with Crippen molar-refractivity contribution in [1.29, 1.82) is 0 Å². The standard InChI is InChI=1S/C25H35N3O4S/c1-7-14-26-25(30)21(5)27(16-22-11-8-18(2)9-12-22)24(29)17-28(33(6,31)32)23-13-10-19(3)20(4)15-23/h8-13,15,21H,7,14,16-17H2,1-6H3,(H,26,30). The van der Waals surface area contributed by atoms with Crippen molar-refractivity contribution < 1.29 is 18.0 Å². The van der Waals surface area contributed by atoms with Crippen LogP contribution in [0.15, 0.2) is 42.5 Å². The van der Waals surface area contributed by atoms with Gasteiger partial charge in [0.2, 0.25) is 21.8 Å². The molecular formula is C25H35N3O4S. The first-order valence-electron chi connectivity index (χ1n) is 11.1. The molecule has 0 aliphatic heterocycles. The van der Waals surface area contributed by atoms with E-state index < -0.39 is 28.5 Å². The van der Waals surface area contributed by atoms with Gasteiger partial charge in [-0.2, -0.15) is 0 Å². The Labute approximate surface area is 197 Å². The first-order valence-corrected chi connectivity index (χ1v) is 13.0. The van der Waals surface area contributed by atoms with Crippen molar-refractivity contribution >= 4 is 27.5 Å². The SMILES string of the molecule is CCCNC(=O)C(C)N(Cc1ccc(C)cc1)C(=O)CN(c1ccc(C)c(C)c1)S(C)(=O)=O. The van der Waals surface area contributed by atoms with E-state index >= 15 is 0 Å². The minimum absolute atomic E-state index is 0.199. The molecule has 0 fully saturated rings. The number of sulfonamides is 1. The van der Waals surface area contributed by atoms with Gasteiger partial charge < -0.3 is 10.2 Å². The van der Waals surface area contributed by atoms with E-state index in [4.69, 9.17) is 0 Å². The van der Waals surface area contributed by atoms with E-state index in [2.05, 4.69) is 5.32 Å². The van der Waals surface area contributed by atoms with Crippen LogP contribution in [-0.4, -0.2) is 50.5 Å². The normalized spacial score (nSPS) is 12.2. The van der Waals surface area contributed by atoms with Gasteiger partial charge in [0, 0.05) is 13.1 Å². The van der Waals surface area contributed by atoms with Gasteiger partial charge >= 0.3 is 0 Å². The molecule has 0 saturated heterocycles. The van der Waals surface area contributed by atoms with E-state index in [1.165, 1.54) is 4.90 Å². The third-order valence-electron chi connectivity index (χ3n) is 5.65. The smallest absolute Gasteiger partial charge is 0.244 e. The van der Waals surface area contributed by atoms with Crippen LogP contribution in [0.3, 0.4) is 0 Å². The summed E-state index contributed by atoms with van der Waals surface area (Å²) in [6.45, 7) is 9.74. The molecule has 33 heavy (non-hydrogen) atoms. The second-order valence-electron chi connectivity index (χ2n) is 8.51. The first-order chi connectivity index (χ1) is 15.4. The van der Waals surface area contributed by atoms with Gasteiger partial charge in [0.15, 0.2) is 0 Å². The highest BCUT2D eigenvalue weighted by molar-refractivity contribution is 7.92. The minimum Gasteiger partial charge on any atom is -0.354 e. The van der Waals surface area contributed by atoms with Gasteiger partial charge in [0.1, 0.15) is 12.6 Å². The van der Waals surface area contributed by atoms with Crippen molar-refractivity contribution in [2.24, 2.45) is 0 Å². The molecule has 0 aliphatic carbocycles. The topological polar surface area (TPSA) is 86.8 Å². The van der Waals surface area contributed by atoms with Crippen molar-refractivity contribution in [2.75, 3.05) is 23.7 Å². The summed E-state index contributed by atoms with van der Waals surface area (Å²) in [5.74, 6) is -0.715. The van der Waals surface area contributed by atoms with E-state index in [0.717, 1.165) is 39.2 Å². The summed E-state index contributed by atoms with van der Waals surface area (Å²) in [6.07, 6.45) is 1.86. The van der Waals surface area contributed by atoms with E-state index in [0.29, 0.717) is 12.2 Å². The number of hydrogen-bond acceptors (Lipinski definition) is 4. The molecule has 0 aromatic heterocycles. The minimum atomic E-state index is -3.73. The van der Waals surface area contributed by atoms with E-state index in [-0.39, 0.29) is 12.5 Å². The first kappa shape index (κ1) is 26.4. The van der Waals surface area contributed by atoms with Crippen molar-refractivity contribution in [1.82, 2.24) is 10.2 Å². The summed E-state index contributed by atoms with van der Waals surface area (Å²) in [7, 11) is -3.73. The van der Waals surface area contributed by atoms with Crippen LogP contribution in [0.5, 0.6) is 0 Å². The summed E-state index contributed by atoms with van der Waals surface area (Å²) in [4.78, 5) is 27.6. The van der Waals surface area contributed by atoms with Crippen LogP contribution in [-0.2, 0) is 26.2 Å². The van der Waals surface area contributed by atoms with Crippen LogP contribution in [0, 0.1) is 20.8 Å². The number of nitrogens with zero attached hydrogens (tertiary/aromatic N) is 2. The molecular weight excluding hydrogens is 438 g/mol. The molecule has 7 nitrogen and oxygen atoms in total. The molecule has 2 rings (SSSR count). The lowest BCUT2D eigenvalue weighted by Crippen LogP contribution is -2.51. The summed E-state index contributed by atoms with van der Waals surface area (Å²) >= 11 is 0. The predicted octanol–water partition coefficient (Wildman–Crippen LogP) is 3.32. The molecule has 2 amide bonds. The van der Waals surface area contributed by atoms with E-state index in [1.807, 2.05) is 58.0 Å². The largest absolute Gasteiger partial charge is 0.354 e. The third-order valence-corrected chi connectivity index (χ3v) is 6.79. The highest BCUT2D eigenvalue weighted by atomic mass is 32.2. The molecule has 0 radical (unpaired) electrons. The summed E-state index contributed by atoms with van der Waals surface area (Å²) in [5, 5.41) is 2.83. The lowest BCUT2D eigenvalue weighted by molar-refractivity contribution is -0.139. The van der Waals surface area contributed by atoms with Gasteiger partial charge in [0.25, 0.3) is 0 Å². The van der Waals surface area contributed by atoms with Gasteiger partial charge in [-0.15, -0.1) is 0 Å². The fraction of sp³-hybridized carbons (Fsp3) is 0.440. The number of aryl methyl sites for hydroxylation is 3. The number of hydrogen-bond donors (Lipinski definition) is 1. The fourth-order valence-electron chi connectivity index (χ4n) is 3.36. The number of carbonyl (C=O) groups excluding carboxylic acids is 2. The van der Waals surface area contributed by atoms with Crippen LogP contribution >= 0.6 is 0 Å². The maximum absolute atomic E-state index is 13.5. The van der Waals surface area contributed by atoms with E-state index in [1.54, 1.807) is 19.1 Å². The van der Waals surface area contributed by atoms with Crippen LogP contribution in [0.25, 0.3) is 0 Å². The molecule has 2 aromatic carbocycles. The molecule has 8 heteroatoms. The molecule has 1 atom stereocenters. The van der Waals surface area contributed by atoms with Gasteiger partial charge in [0.05, 0.1) is 11.9 Å². The highest BCUT2D eigenvalue weighted by Crippen LogP contribution is 2.22. The second-order valence-corrected chi connectivity index (χ2v) is 10.4. The van der Waals surface area contributed by atoms with Crippen LogP contribution in [0.4, 0.5) is 5.69 Å².